The summed E-state index contributed by atoms with van der Waals surface area (Å²) in [6, 6.07) is 6.47. The third-order valence-electron chi connectivity index (χ3n) is 2.65. The Morgan fingerprint density at radius 3 is 3.20 bits per heavy atom. The Bertz CT molecular complexity index is 338. The number of aliphatic hydroxyl groups is 1. The molecule has 1 aromatic carbocycles. The van der Waals surface area contributed by atoms with E-state index in [2.05, 4.69) is 24.4 Å². The van der Waals surface area contributed by atoms with Crippen molar-refractivity contribution in [3.05, 3.63) is 23.8 Å². The molecular weight excluding hydrogens is 190 g/mol. The first-order valence-electron chi connectivity index (χ1n) is 5.40. The van der Waals surface area contributed by atoms with Crippen LogP contribution in [0, 0.1) is 6.92 Å². The second kappa shape index (κ2) is 4.53. The molecule has 0 radical (unpaired) electrons. The number of fused-ring (bicyclic) bond motifs is 1. The summed E-state index contributed by atoms with van der Waals surface area (Å²) in [7, 11) is 0. The average molecular weight is 207 g/mol. The maximum Gasteiger partial charge on any atom is 0.142 e. The molecule has 3 nitrogen and oxygen atoms in total. The zero-order valence-electron chi connectivity index (χ0n) is 8.99. The van der Waals surface area contributed by atoms with Gasteiger partial charge in [-0.2, -0.15) is 0 Å². The van der Waals surface area contributed by atoms with E-state index in [1.807, 2.05) is 6.07 Å². The van der Waals surface area contributed by atoms with E-state index in [4.69, 9.17) is 9.84 Å². The van der Waals surface area contributed by atoms with Gasteiger partial charge in [-0.05, 0) is 37.5 Å². The maximum atomic E-state index is 8.77. The number of ether oxygens (including phenoxy) is 1. The van der Waals surface area contributed by atoms with Gasteiger partial charge >= 0.3 is 0 Å². The Morgan fingerprint density at radius 1 is 1.53 bits per heavy atom. The highest BCUT2D eigenvalue weighted by Gasteiger charge is 2.17. The van der Waals surface area contributed by atoms with Gasteiger partial charge in [0, 0.05) is 6.61 Å². The van der Waals surface area contributed by atoms with Crippen LogP contribution in [0.1, 0.15) is 18.4 Å². The summed E-state index contributed by atoms with van der Waals surface area (Å²) in [5.74, 6) is 0.931. The molecule has 0 aromatic heterocycles. The summed E-state index contributed by atoms with van der Waals surface area (Å²) < 4.78 is 5.64. The minimum absolute atomic E-state index is 0.249. The lowest BCUT2D eigenvalue weighted by atomic mass is 10.1. The van der Waals surface area contributed by atoms with Crippen LogP contribution in [0.2, 0.25) is 0 Å². The molecule has 0 spiro atoms. The molecule has 1 unspecified atom stereocenters. The Morgan fingerprint density at radius 2 is 2.40 bits per heavy atom. The first-order chi connectivity index (χ1) is 7.29. The fourth-order valence-electron chi connectivity index (χ4n) is 1.83. The first-order valence-corrected chi connectivity index (χ1v) is 5.40. The largest absolute Gasteiger partial charge is 0.489 e. The van der Waals surface area contributed by atoms with Crippen LogP contribution < -0.4 is 10.1 Å². The van der Waals surface area contributed by atoms with Crippen molar-refractivity contribution in [3.63, 3.8) is 0 Å². The predicted octanol–water partition coefficient (Wildman–Crippen LogP) is 1.94. The number of aryl methyl sites for hydroxylation is 1. The van der Waals surface area contributed by atoms with E-state index >= 15 is 0 Å². The van der Waals surface area contributed by atoms with Gasteiger partial charge in [0.05, 0.1) is 11.7 Å². The van der Waals surface area contributed by atoms with Crippen LogP contribution in [-0.2, 0) is 0 Å². The Kier molecular flexibility index (Phi) is 3.11. The number of rotatable bonds is 3. The molecule has 0 amide bonds. The molecule has 82 valence electrons. The molecule has 1 aliphatic rings. The number of nitrogens with one attached hydrogen (secondary N) is 1. The lowest BCUT2D eigenvalue weighted by molar-refractivity contribution is 0.249. The van der Waals surface area contributed by atoms with Gasteiger partial charge in [-0.25, -0.2) is 0 Å². The van der Waals surface area contributed by atoms with Gasteiger partial charge in [-0.1, -0.05) is 6.07 Å². The number of hydrogen-bond acceptors (Lipinski definition) is 3. The average Bonchev–Trinajstić information content (AvgIpc) is 2.25. The summed E-state index contributed by atoms with van der Waals surface area (Å²) >= 11 is 0. The molecule has 1 heterocycles. The lowest BCUT2D eigenvalue weighted by Crippen LogP contribution is -2.31. The molecular formula is C12H17NO2. The minimum Gasteiger partial charge on any atom is -0.489 e. The molecule has 15 heavy (non-hydrogen) atoms. The van der Waals surface area contributed by atoms with Crippen LogP contribution in [-0.4, -0.2) is 24.4 Å². The molecule has 1 atom stereocenters. The normalized spacial score (nSPS) is 18.9. The van der Waals surface area contributed by atoms with Gasteiger partial charge in [0.25, 0.3) is 0 Å². The Labute approximate surface area is 90.1 Å². The van der Waals surface area contributed by atoms with Gasteiger partial charge in [-0.15, -0.1) is 0 Å². The highest BCUT2D eigenvalue weighted by atomic mass is 16.5. The quantitative estimate of drug-likeness (QED) is 0.796. The van der Waals surface area contributed by atoms with Crippen molar-refractivity contribution in [2.75, 3.05) is 18.5 Å². The maximum absolute atomic E-state index is 8.77. The van der Waals surface area contributed by atoms with Crippen molar-refractivity contribution in [2.24, 2.45) is 0 Å². The van der Waals surface area contributed by atoms with Crippen LogP contribution >= 0.6 is 0 Å². The SMILES string of the molecule is Cc1ccc2c(c1)NC(CCCO)CO2. The molecule has 1 aromatic rings. The summed E-state index contributed by atoms with van der Waals surface area (Å²) in [5.41, 5.74) is 2.30. The van der Waals surface area contributed by atoms with Crippen LogP contribution in [0.15, 0.2) is 18.2 Å². The van der Waals surface area contributed by atoms with E-state index < -0.39 is 0 Å². The molecule has 0 bridgehead atoms. The van der Waals surface area contributed by atoms with Crippen LogP contribution in [0.3, 0.4) is 0 Å². The third-order valence-corrected chi connectivity index (χ3v) is 2.65. The highest BCUT2D eigenvalue weighted by molar-refractivity contribution is 5.59. The number of hydrogen-bond donors (Lipinski definition) is 2. The Hall–Kier alpha value is -1.22. The summed E-state index contributed by atoms with van der Waals surface area (Å²) in [6.45, 7) is 3.01. The molecule has 2 N–H and O–H groups in total. The molecule has 0 saturated heterocycles. The van der Waals surface area contributed by atoms with Gasteiger partial charge in [0.1, 0.15) is 12.4 Å². The molecule has 0 fully saturated rings. The standard InChI is InChI=1S/C12H17NO2/c1-9-4-5-12-11(7-9)13-10(8-15-12)3-2-6-14/h4-5,7,10,13-14H,2-3,6,8H2,1H3. The molecule has 1 aliphatic heterocycles. The van der Waals surface area contributed by atoms with E-state index in [1.165, 1.54) is 5.56 Å². The summed E-state index contributed by atoms with van der Waals surface area (Å²) in [4.78, 5) is 0. The zero-order chi connectivity index (χ0) is 10.7. The van der Waals surface area contributed by atoms with E-state index in [1.54, 1.807) is 0 Å². The summed E-state index contributed by atoms with van der Waals surface area (Å²) in [6.07, 6.45) is 1.77. The fraction of sp³-hybridized carbons (Fsp3) is 0.500. The van der Waals surface area contributed by atoms with Crippen molar-refractivity contribution in [1.82, 2.24) is 0 Å². The minimum atomic E-state index is 0.249. The smallest absolute Gasteiger partial charge is 0.142 e. The van der Waals surface area contributed by atoms with Gasteiger partial charge < -0.3 is 15.2 Å². The van der Waals surface area contributed by atoms with Crippen molar-refractivity contribution in [3.8, 4) is 5.75 Å². The van der Waals surface area contributed by atoms with Gasteiger partial charge in [-0.3, -0.25) is 0 Å². The van der Waals surface area contributed by atoms with Gasteiger partial charge in [0.15, 0.2) is 0 Å². The molecule has 0 aliphatic carbocycles. The van der Waals surface area contributed by atoms with E-state index in [9.17, 15) is 0 Å². The topological polar surface area (TPSA) is 41.5 Å². The van der Waals surface area contributed by atoms with E-state index in [0.717, 1.165) is 24.3 Å². The number of anilines is 1. The van der Waals surface area contributed by atoms with Crippen LogP contribution in [0.5, 0.6) is 5.75 Å². The van der Waals surface area contributed by atoms with Crippen LogP contribution in [0.25, 0.3) is 0 Å². The second-order valence-electron chi connectivity index (χ2n) is 4.02. The third kappa shape index (κ3) is 2.42. The molecule has 3 heteroatoms. The monoisotopic (exact) mass is 207 g/mol. The van der Waals surface area contributed by atoms with Crippen LogP contribution in [0.4, 0.5) is 5.69 Å². The lowest BCUT2D eigenvalue weighted by Gasteiger charge is -2.27. The zero-order valence-corrected chi connectivity index (χ0v) is 8.99. The summed E-state index contributed by atoms with van der Waals surface area (Å²) in [5, 5.41) is 12.2. The Balaban J connectivity index is 2.05. The first kappa shape index (κ1) is 10.3. The van der Waals surface area contributed by atoms with Gasteiger partial charge in [0.2, 0.25) is 0 Å². The van der Waals surface area contributed by atoms with E-state index in [-0.39, 0.29) is 6.61 Å². The highest BCUT2D eigenvalue weighted by Crippen LogP contribution is 2.30. The molecule has 2 rings (SSSR count). The predicted molar refractivity (Wildman–Crippen MR) is 60.4 cm³/mol. The van der Waals surface area contributed by atoms with E-state index in [0.29, 0.717) is 12.6 Å². The van der Waals surface area contributed by atoms with Crippen molar-refractivity contribution >= 4 is 5.69 Å². The van der Waals surface area contributed by atoms with Crippen molar-refractivity contribution < 1.29 is 9.84 Å². The molecule has 0 saturated carbocycles. The van der Waals surface area contributed by atoms with Crippen molar-refractivity contribution in [1.29, 1.82) is 0 Å². The fourth-order valence-corrected chi connectivity index (χ4v) is 1.83. The van der Waals surface area contributed by atoms with Crippen molar-refractivity contribution in [2.45, 2.75) is 25.8 Å². The second-order valence-corrected chi connectivity index (χ2v) is 4.02. The number of benzene rings is 1. The number of aliphatic hydroxyl groups excluding tert-OH is 1.